The number of aromatic hydroxyl groups is 1. The molecule has 0 radical (unpaired) electrons. The first-order valence-corrected chi connectivity index (χ1v) is 5.86. The van der Waals surface area contributed by atoms with E-state index in [4.69, 9.17) is 22.1 Å². The van der Waals surface area contributed by atoms with Gasteiger partial charge in [-0.25, -0.2) is 0 Å². The zero-order chi connectivity index (χ0) is 14.0. The van der Waals surface area contributed by atoms with Crippen molar-refractivity contribution in [2.24, 2.45) is 0 Å². The van der Waals surface area contributed by atoms with E-state index < -0.39 is 0 Å². The Kier molecular flexibility index (Phi) is 3.62. The highest BCUT2D eigenvalue weighted by atomic mass is 35.5. The summed E-state index contributed by atoms with van der Waals surface area (Å²) in [6.07, 6.45) is 0.562. The van der Waals surface area contributed by atoms with Crippen LogP contribution in [0.15, 0.2) is 30.3 Å². The summed E-state index contributed by atoms with van der Waals surface area (Å²) in [6, 6.07) is 8.23. The van der Waals surface area contributed by atoms with E-state index in [1.165, 1.54) is 7.11 Å². The monoisotopic (exact) mass is 277 g/mol. The third kappa shape index (κ3) is 2.48. The molecule has 0 aliphatic rings. The SMILES string of the molecule is COc1cc(-c2ccc(N)cc2Cl)cc(C=O)c1O. The molecular weight excluding hydrogens is 266 g/mol. The fourth-order valence-corrected chi connectivity index (χ4v) is 2.09. The maximum absolute atomic E-state index is 10.9. The molecule has 5 heteroatoms. The van der Waals surface area contributed by atoms with Gasteiger partial charge in [0.2, 0.25) is 0 Å². The summed E-state index contributed by atoms with van der Waals surface area (Å²) in [5, 5.41) is 10.2. The summed E-state index contributed by atoms with van der Waals surface area (Å²) in [4.78, 5) is 10.9. The summed E-state index contributed by atoms with van der Waals surface area (Å²) in [6.45, 7) is 0. The molecule has 0 spiro atoms. The standard InChI is InChI=1S/C14H12ClNO3/c1-19-13-5-8(4-9(7-17)14(13)18)11-3-2-10(16)6-12(11)15/h2-7,18H,16H2,1H3. The molecule has 0 saturated heterocycles. The van der Waals surface area contributed by atoms with Crippen molar-refractivity contribution in [1.29, 1.82) is 0 Å². The number of methoxy groups -OCH3 is 1. The second kappa shape index (κ2) is 5.20. The summed E-state index contributed by atoms with van der Waals surface area (Å²) < 4.78 is 5.04. The summed E-state index contributed by atoms with van der Waals surface area (Å²) in [5.74, 6) is 0.0281. The van der Waals surface area contributed by atoms with E-state index in [1.807, 2.05) is 0 Å². The number of phenols is 1. The number of nitrogen functional groups attached to an aromatic ring is 1. The third-order valence-electron chi connectivity index (χ3n) is 2.76. The van der Waals surface area contributed by atoms with Crippen molar-refractivity contribution in [1.82, 2.24) is 0 Å². The lowest BCUT2D eigenvalue weighted by Gasteiger charge is -2.11. The number of nitrogens with two attached hydrogens (primary N) is 1. The van der Waals surface area contributed by atoms with Crippen molar-refractivity contribution in [3.63, 3.8) is 0 Å². The van der Waals surface area contributed by atoms with Crippen LogP contribution < -0.4 is 10.5 Å². The lowest BCUT2D eigenvalue weighted by atomic mass is 10.0. The number of ether oxygens (including phenoxy) is 1. The fourth-order valence-electron chi connectivity index (χ4n) is 1.80. The van der Waals surface area contributed by atoms with E-state index in [0.29, 0.717) is 28.1 Å². The number of phenolic OH excluding ortho intramolecular Hbond substituents is 1. The zero-order valence-electron chi connectivity index (χ0n) is 10.2. The smallest absolute Gasteiger partial charge is 0.168 e. The molecule has 98 valence electrons. The molecule has 19 heavy (non-hydrogen) atoms. The maximum atomic E-state index is 10.9. The Labute approximate surface area is 115 Å². The Balaban J connectivity index is 2.65. The van der Waals surface area contributed by atoms with Gasteiger partial charge in [0.1, 0.15) is 0 Å². The highest BCUT2D eigenvalue weighted by Gasteiger charge is 2.13. The van der Waals surface area contributed by atoms with Gasteiger partial charge in [-0.2, -0.15) is 0 Å². The molecule has 0 amide bonds. The molecule has 0 heterocycles. The number of hydrogen-bond acceptors (Lipinski definition) is 4. The van der Waals surface area contributed by atoms with Crippen LogP contribution in [0.4, 0.5) is 5.69 Å². The number of carbonyl (C=O) groups excluding carboxylic acids is 1. The van der Waals surface area contributed by atoms with Gasteiger partial charge < -0.3 is 15.6 Å². The number of halogens is 1. The summed E-state index contributed by atoms with van der Waals surface area (Å²) in [7, 11) is 1.41. The minimum Gasteiger partial charge on any atom is -0.504 e. The van der Waals surface area contributed by atoms with Crippen LogP contribution in [-0.2, 0) is 0 Å². The molecule has 0 fully saturated rings. The molecule has 2 aromatic rings. The van der Waals surface area contributed by atoms with Gasteiger partial charge in [0, 0.05) is 11.3 Å². The molecule has 0 saturated carbocycles. The lowest BCUT2D eigenvalue weighted by molar-refractivity contribution is 0.112. The molecule has 3 N–H and O–H groups in total. The van der Waals surface area contributed by atoms with E-state index in [-0.39, 0.29) is 17.1 Å². The van der Waals surface area contributed by atoms with E-state index in [9.17, 15) is 9.90 Å². The second-order valence-corrected chi connectivity index (χ2v) is 4.38. The maximum Gasteiger partial charge on any atom is 0.168 e. The van der Waals surface area contributed by atoms with Gasteiger partial charge in [0.05, 0.1) is 17.7 Å². The average molecular weight is 278 g/mol. The molecule has 0 aliphatic heterocycles. The molecule has 2 rings (SSSR count). The van der Waals surface area contributed by atoms with Crippen molar-refractivity contribution in [2.75, 3.05) is 12.8 Å². The Bertz CT molecular complexity index is 641. The Morgan fingerprint density at radius 2 is 2.05 bits per heavy atom. The third-order valence-corrected chi connectivity index (χ3v) is 3.07. The van der Waals surface area contributed by atoms with Crippen LogP contribution in [0.25, 0.3) is 11.1 Å². The number of anilines is 1. The first kappa shape index (κ1) is 13.2. The minimum atomic E-state index is -0.187. The van der Waals surface area contributed by atoms with Gasteiger partial charge in [-0.3, -0.25) is 4.79 Å². The molecular formula is C14H12ClNO3. The van der Waals surface area contributed by atoms with Gasteiger partial charge in [-0.15, -0.1) is 0 Å². The van der Waals surface area contributed by atoms with Crippen molar-refractivity contribution < 1.29 is 14.6 Å². The topological polar surface area (TPSA) is 72.5 Å². The first-order chi connectivity index (χ1) is 9.06. The van der Waals surface area contributed by atoms with Crippen LogP contribution in [0.5, 0.6) is 11.5 Å². The van der Waals surface area contributed by atoms with E-state index >= 15 is 0 Å². The number of rotatable bonds is 3. The van der Waals surface area contributed by atoms with Crippen LogP contribution >= 0.6 is 11.6 Å². The van der Waals surface area contributed by atoms with Gasteiger partial charge in [-0.1, -0.05) is 17.7 Å². The number of hydrogen-bond donors (Lipinski definition) is 2. The largest absolute Gasteiger partial charge is 0.504 e. The van der Waals surface area contributed by atoms with E-state index in [0.717, 1.165) is 0 Å². The molecule has 0 unspecified atom stereocenters. The van der Waals surface area contributed by atoms with E-state index in [2.05, 4.69) is 0 Å². The van der Waals surface area contributed by atoms with Crippen LogP contribution in [0.2, 0.25) is 5.02 Å². The molecule has 0 aromatic heterocycles. The first-order valence-electron chi connectivity index (χ1n) is 5.48. The molecule has 0 bridgehead atoms. The number of aldehydes is 1. The van der Waals surface area contributed by atoms with Crippen LogP contribution in [0, 0.1) is 0 Å². The Morgan fingerprint density at radius 1 is 1.32 bits per heavy atom. The number of carbonyl (C=O) groups is 1. The van der Waals surface area contributed by atoms with Crippen molar-refractivity contribution in [3.8, 4) is 22.6 Å². The second-order valence-electron chi connectivity index (χ2n) is 3.97. The fraction of sp³-hybridized carbons (Fsp3) is 0.0714. The van der Waals surface area contributed by atoms with Gasteiger partial charge >= 0.3 is 0 Å². The van der Waals surface area contributed by atoms with Gasteiger partial charge in [0.15, 0.2) is 17.8 Å². The van der Waals surface area contributed by atoms with Crippen LogP contribution in [-0.4, -0.2) is 18.5 Å². The molecule has 0 aliphatic carbocycles. The zero-order valence-corrected chi connectivity index (χ0v) is 10.9. The number of benzene rings is 2. The summed E-state index contributed by atoms with van der Waals surface area (Å²) in [5.41, 5.74) is 7.70. The molecule has 0 atom stereocenters. The Morgan fingerprint density at radius 3 is 2.63 bits per heavy atom. The highest BCUT2D eigenvalue weighted by Crippen LogP contribution is 2.37. The van der Waals surface area contributed by atoms with Gasteiger partial charge in [-0.05, 0) is 29.8 Å². The van der Waals surface area contributed by atoms with E-state index in [1.54, 1.807) is 30.3 Å². The lowest BCUT2D eigenvalue weighted by Crippen LogP contribution is -1.92. The van der Waals surface area contributed by atoms with Crippen molar-refractivity contribution in [2.45, 2.75) is 0 Å². The molecule has 2 aromatic carbocycles. The Hall–Kier alpha value is -2.20. The predicted molar refractivity (Wildman–Crippen MR) is 74.9 cm³/mol. The predicted octanol–water partition coefficient (Wildman–Crippen LogP) is 3.12. The van der Waals surface area contributed by atoms with Crippen LogP contribution in [0.1, 0.15) is 10.4 Å². The quantitative estimate of drug-likeness (QED) is 0.668. The molecule has 4 nitrogen and oxygen atoms in total. The van der Waals surface area contributed by atoms with Crippen molar-refractivity contribution in [3.05, 3.63) is 40.9 Å². The van der Waals surface area contributed by atoms with Gasteiger partial charge in [0.25, 0.3) is 0 Å². The highest BCUT2D eigenvalue weighted by molar-refractivity contribution is 6.33. The normalized spacial score (nSPS) is 10.2. The minimum absolute atomic E-state index is 0.141. The summed E-state index contributed by atoms with van der Waals surface area (Å²) >= 11 is 6.12. The van der Waals surface area contributed by atoms with Crippen LogP contribution in [0.3, 0.4) is 0 Å². The average Bonchev–Trinajstić information content (AvgIpc) is 2.39. The van der Waals surface area contributed by atoms with Crippen molar-refractivity contribution >= 4 is 23.6 Å².